The van der Waals surface area contributed by atoms with Crippen LogP contribution in [0.2, 0.25) is 0 Å². The molecule has 0 radical (unpaired) electrons. The fourth-order valence-corrected chi connectivity index (χ4v) is 4.89. The SMILES string of the molecule is CC[C@@H](C(=O)N1[C@H](C(=O)O)COC12CCN(Cc1ccccc1)CC2)c1ccccc1. The second-order valence-corrected chi connectivity index (χ2v) is 8.45. The Kier molecular flexibility index (Phi) is 6.39. The van der Waals surface area contributed by atoms with E-state index in [1.807, 2.05) is 55.5 Å². The molecular formula is C25H30N2O4. The van der Waals surface area contributed by atoms with Crippen LogP contribution in [-0.2, 0) is 20.9 Å². The molecule has 6 heteroatoms. The maximum Gasteiger partial charge on any atom is 0.328 e. The van der Waals surface area contributed by atoms with E-state index in [1.165, 1.54) is 5.56 Å². The maximum absolute atomic E-state index is 13.7. The van der Waals surface area contributed by atoms with Crippen LogP contribution in [-0.4, -0.2) is 58.2 Å². The summed E-state index contributed by atoms with van der Waals surface area (Å²) in [5, 5.41) is 9.83. The minimum Gasteiger partial charge on any atom is -0.480 e. The molecule has 2 fully saturated rings. The van der Waals surface area contributed by atoms with Crippen molar-refractivity contribution < 1.29 is 19.4 Å². The number of likely N-dealkylation sites (tertiary alicyclic amines) is 1. The summed E-state index contributed by atoms with van der Waals surface area (Å²) in [6.45, 7) is 4.37. The maximum atomic E-state index is 13.7. The third-order valence-electron chi connectivity index (χ3n) is 6.58. The molecule has 1 N–H and O–H groups in total. The summed E-state index contributed by atoms with van der Waals surface area (Å²) in [6, 6.07) is 19.0. The summed E-state index contributed by atoms with van der Waals surface area (Å²) < 4.78 is 6.12. The number of benzene rings is 2. The van der Waals surface area contributed by atoms with Crippen LogP contribution in [0.3, 0.4) is 0 Å². The van der Waals surface area contributed by atoms with Crippen LogP contribution in [0.25, 0.3) is 0 Å². The van der Waals surface area contributed by atoms with Crippen LogP contribution in [0.5, 0.6) is 0 Å². The van der Waals surface area contributed by atoms with Gasteiger partial charge in [0.2, 0.25) is 5.91 Å². The predicted molar refractivity (Wildman–Crippen MR) is 117 cm³/mol. The molecule has 4 rings (SSSR count). The van der Waals surface area contributed by atoms with Crippen molar-refractivity contribution in [2.45, 2.75) is 50.4 Å². The number of carboxylic acid groups (broad SMARTS) is 1. The Labute approximate surface area is 183 Å². The van der Waals surface area contributed by atoms with Gasteiger partial charge < -0.3 is 9.84 Å². The molecule has 164 valence electrons. The molecule has 2 atom stereocenters. The Hall–Kier alpha value is -2.70. The highest BCUT2D eigenvalue weighted by molar-refractivity contribution is 5.89. The van der Waals surface area contributed by atoms with Crippen LogP contribution >= 0.6 is 0 Å². The van der Waals surface area contributed by atoms with Crippen LogP contribution < -0.4 is 0 Å². The summed E-state index contributed by atoms with van der Waals surface area (Å²) in [5.74, 6) is -1.51. The molecule has 2 aliphatic heterocycles. The molecule has 2 aromatic carbocycles. The topological polar surface area (TPSA) is 70.1 Å². The highest BCUT2D eigenvalue weighted by Crippen LogP contribution is 2.40. The van der Waals surface area contributed by atoms with E-state index in [0.717, 1.165) is 25.2 Å². The molecule has 0 unspecified atom stereocenters. The summed E-state index contributed by atoms with van der Waals surface area (Å²) >= 11 is 0. The number of carbonyl (C=O) groups excluding carboxylic acids is 1. The number of nitrogens with zero attached hydrogens (tertiary/aromatic N) is 2. The number of hydrogen-bond acceptors (Lipinski definition) is 4. The molecule has 0 aromatic heterocycles. The highest BCUT2D eigenvalue weighted by Gasteiger charge is 2.54. The van der Waals surface area contributed by atoms with Gasteiger partial charge in [-0.2, -0.15) is 0 Å². The third kappa shape index (κ3) is 4.36. The first-order valence-corrected chi connectivity index (χ1v) is 11.1. The van der Waals surface area contributed by atoms with E-state index >= 15 is 0 Å². The number of ether oxygens (including phenoxy) is 1. The largest absolute Gasteiger partial charge is 0.480 e. The fourth-order valence-electron chi connectivity index (χ4n) is 4.89. The van der Waals surface area contributed by atoms with Gasteiger partial charge in [-0.1, -0.05) is 67.6 Å². The van der Waals surface area contributed by atoms with Gasteiger partial charge in [0.15, 0.2) is 6.04 Å². The zero-order valence-electron chi connectivity index (χ0n) is 17.9. The summed E-state index contributed by atoms with van der Waals surface area (Å²) in [7, 11) is 0. The van der Waals surface area contributed by atoms with Gasteiger partial charge in [-0.3, -0.25) is 14.6 Å². The molecule has 2 aromatic rings. The van der Waals surface area contributed by atoms with Gasteiger partial charge in [0.05, 0.1) is 12.5 Å². The molecule has 1 spiro atoms. The smallest absolute Gasteiger partial charge is 0.328 e. The van der Waals surface area contributed by atoms with E-state index in [-0.39, 0.29) is 18.4 Å². The Morgan fingerprint density at radius 1 is 1.06 bits per heavy atom. The first kappa shape index (κ1) is 21.5. The first-order valence-electron chi connectivity index (χ1n) is 11.1. The van der Waals surface area contributed by atoms with Crippen LogP contribution in [0.4, 0.5) is 0 Å². The van der Waals surface area contributed by atoms with Gasteiger partial charge in [-0.15, -0.1) is 0 Å². The quantitative estimate of drug-likeness (QED) is 0.772. The van der Waals surface area contributed by atoms with E-state index in [4.69, 9.17) is 4.74 Å². The Morgan fingerprint density at radius 3 is 2.26 bits per heavy atom. The number of hydrogen-bond donors (Lipinski definition) is 1. The number of piperidine rings is 1. The number of rotatable bonds is 6. The van der Waals surface area contributed by atoms with Gasteiger partial charge in [0.1, 0.15) is 5.72 Å². The number of aliphatic carboxylic acids is 1. The Balaban J connectivity index is 1.54. The molecular weight excluding hydrogens is 392 g/mol. The Morgan fingerprint density at radius 2 is 1.68 bits per heavy atom. The van der Waals surface area contributed by atoms with Crippen LogP contribution in [0.1, 0.15) is 43.2 Å². The predicted octanol–water partition coefficient (Wildman–Crippen LogP) is 3.48. The standard InChI is InChI=1S/C25H30N2O4/c1-2-21(20-11-7-4-8-12-20)23(28)27-22(24(29)30)18-31-25(27)13-15-26(16-14-25)17-19-9-5-3-6-10-19/h3-12,21-22H,2,13-18H2,1H3,(H,29,30)/t21-,22+/m1/s1. The molecule has 1 amide bonds. The minimum atomic E-state index is -1.00. The van der Waals surface area contributed by atoms with Gasteiger partial charge in [-0.05, 0) is 17.5 Å². The normalized spacial score (nSPS) is 21.8. The zero-order chi connectivity index (χ0) is 21.8. The molecule has 6 nitrogen and oxygen atoms in total. The van der Waals surface area contributed by atoms with Gasteiger partial charge in [0.25, 0.3) is 0 Å². The van der Waals surface area contributed by atoms with Crippen LogP contribution in [0.15, 0.2) is 60.7 Å². The van der Waals surface area contributed by atoms with Crippen molar-refractivity contribution in [2.24, 2.45) is 0 Å². The van der Waals surface area contributed by atoms with E-state index in [1.54, 1.807) is 4.90 Å². The first-order chi connectivity index (χ1) is 15.0. The number of carboxylic acids is 1. The molecule has 0 saturated carbocycles. The third-order valence-corrected chi connectivity index (χ3v) is 6.58. The van der Waals surface area contributed by atoms with Gasteiger partial charge in [0, 0.05) is 32.5 Å². The van der Waals surface area contributed by atoms with E-state index < -0.39 is 17.7 Å². The lowest BCUT2D eigenvalue weighted by Crippen LogP contribution is -2.59. The van der Waals surface area contributed by atoms with Gasteiger partial charge >= 0.3 is 5.97 Å². The van der Waals surface area contributed by atoms with Crippen molar-refractivity contribution in [3.8, 4) is 0 Å². The van der Waals surface area contributed by atoms with Gasteiger partial charge in [-0.25, -0.2) is 4.79 Å². The molecule has 31 heavy (non-hydrogen) atoms. The number of carbonyl (C=O) groups is 2. The summed E-state index contributed by atoms with van der Waals surface area (Å²) in [6.07, 6.45) is 1.84. The molecule has 0 aliphatic carbocycles. The lowest BCUT2D eigenvalue weighted by atomic mass is 9.91. The average Bonchev–Trinajstić information content (AvgIpc) is 3.16. The number of amides is 1. The van der Waals surface area contributed by atoms with E-state index in [2.05, 4.69) is 17.0 Å². The lowest BCUT2D eigenvalue weighted by molar-refractivity contribution is -0.167. The summed E-state index contributed by atoms with van der Waals surface area (Å²) in [5.41, 5.74) is 1.33. The van der Waals surface area contributed by atoms with Crippen molar-refractivity contribution in [2.75, 3.05) is 19.7 Å². The molecule has 2 heterocycles. The van der Waals surface area contributed by atoms with E-state index in [9.17, 15) is 14.7 Å². The second kappa shape index (κ2) is 9.20. The Bertz CT molecular complexity index is 894. The van der Waals surface area contributed by atoms with Crippen molar-refractivity contribution in [3.63, 3.8) is 0 Å². The van der Waals surface area contributed by atoms with Crippen molar-refractivity contribution in [3.05, 3.63) is 71.8 Å². The summed E-state index contributed by atoms with van der Waals surface area (Å²) in [4.78, 5) is 29.6. The lowest BCUT2D eigenvalue weighted by Gasteiger charge is -2.45. The van der Waals surface area contributed by atoms with Crippen molar-refractivity contribution >= 4 is 11.9 Å². The molecule has 2 saturated heterocycles. The zero-order valence-corrected chi connectivity index (χ0v) is 17.9. The fraction of sp³-hybridized carbons (Fsp3) is 0.440. The van der Waals surface area contributed by atoms with Crippen molar-refractivity contribution in [1.29, 1.82) is 0 Å². The average molecular weight is 423 g/mol. The minimum absolute atomic E-state index is 0.0466. The second-order valence-electron chi connectivity index (χ2n) is 8.45. The monoisotopic (exact) mass is 422 g/mol. The molecule has 0 bridgehead atoms. The van der Waals surface area contributed by atoms with E-state index in [0.29, 0.717) is 19.3 Å². The van der Waals surface area contributed by atoms with Crippen LogP contribution in [0, 0.1) is 0 Å². The molecule has 2 aliphatic rings. The van der Waals surface area contributed by atoms with Crippen molar-refractivity contribution in [1.82, 2.24) is 9.80 Å². The highest BCUT2D eigenvalue weighted by atomic mass is 16.5.